The fourth-order valence-electron chi connectivity index (χ4n) is 1.27. The van der Waals surface area contributed by atoms with E-state index in [2.05, 4.69) is 24.2 Å². The summed E-state index contributed by atoms with van der Waals surface area (Å²) in [4.78, 5) is 0. The van der Waals surface area contributed by atoms with Crippen LogP contribution < -0.4 is 10.1 Å². The maximum Gasteiger partial charge on any atom is 0.119 e. The molecule has 80 valence electrons. The van der Waals surface area contributed by atoms with Gasteiger partial charge >= 0.3 is 0 Å². The Morgan fingerprint density at radius 1 is 1.53 bits per heavy atom. The number of benzene rings is 1. The van der Waals surface area contributed by atoms with Crippen LogP contribution in [-0.2, 0) is 0 Å². The number of hydrogen-bond acceptors (Lipinski definition) is 2. The SMILES string of the molecule is C#CCCOc1cccc(C(C)NC)c1. The van der Waals surface area contributed by atoms with E-state index in [1.807, 2.05) is 25.2 Å². The van der Waals surface area contributed by atoms with Crippen LogP contribution in [0.3, 0.4) is 0 Å². The third-order valence-corrected chi connectivity index (χ3v) is 2.31. The van der Waals surface area contributed by atoms with Gasteiger partial charge in [-0.1, -0.05) is 12.1 Å². The summed E-state index contributed by atoms with van der Waals surface area (Å²) in [6.07, 6.45) is 5.80. The summed E-state index contributed by atoms with van der Waals surface area (Å²) in [5.41, 5.74) is 1.22. The molecular formula is C13H17NO. The third-order valence-electron chi connectivity index (χ3n) is 2.31. The Balaban J connectivity index is 2.62. The highest BCUT2D eigenvalue weighted by Crippen LogP contribution is 2.18. The predicted molar refractivity (Wildman–Crippen MR) is 62.9 cm³/mol. The van der Waals surface area contributed by atoms with Gasteiger partial charge in [-0.3, -0.25) is 0 Å². The van der Waals surface area contributed by atoms with Gasteiger partial charge in [-0.05, 0) is 31.7 Å². The molecule has 2 heteroatoms. The Hall–Kier alpha value is -1.46. The first-order valence-corrected chi connectivity index (χ1v) is 5.11. The molecule has 0 aliphatic rings. The van der Waals surface area contributed by atoms with Crippen molar-refractivity contribution < 1.29 is 4.74 Å². The lowest BCUT2D eigenvalue weighted by molar-refractivity contribution is 0.326. The molecule has 0 radical (unpaired) electrons. The van der Waals surface area contributed by atoms with Gasteiger partial charge in [-0.15, -0.1) is 12.3 Å². The molecule has 0 saturated heterocycles. The molecule has 1 N–H and O–H groups in total. The van der Waals surface area contributed by atoms with Crippen molar-refractivity contribution in [2.24, 2.45) is 0 Å². The molecule has 0 fully saturated rings. The number of hydrogen-bond donors (Lipinski definition) is 1. The predicted octanol–water partition coefficient (Wildman–Crippen LogP) is 2.37. The summed E-state index contributed by atoms with van der Waals surface area (Å²) in [6.45, 7) is 2.69. The molecular weight excluding hydrogens is 186 g/mol. The zero-order chi connectivity index (χ0) is 11.1. The molecule has 0 aromatic heterocycles. The van der Waals surface area contributed by atoms with Gasteiger partial charge in [-0.25, -0.2) is 0 Å². The van der Waals surface area contributed by atoms with E-state index in [4.69, 9.17) is 11.2 Å². The Morgan fingerprint density at radius 2 is 2.33 bits per heavy atom. The van der Waals surface area contributed by atoms with Crippen molar-refractivity contribution in [3.63, 3.8) is 0 Å². The van der Waals surface area contributed by atoms with Crippen molar-refractivity contribution in [2.45, 2.75) is 19.4 Å². The summed E-state index contributed by atoms with van der Waals surface area (Å²) in [5.74, 6) is 3.43. The van der Waals surface area contributed by atoms with Gasteiger partial charge in [0.05, 0.1) is 6.61 Å². The van der Waals surface area contributed by atoms with Crippen molar-refractivity contribution in [1.29, 1.82) is 0 Å². The average molecular weight is 203 g/mol. The molecule has 1 atom stereocenters. The first-order valence-electron chi connectivity index (χ1n) is 5.11. The highest BCUT2D eigenvalue weighted by atomic mass is 16.5. The minimum atomic E-state index is 0.334. The molecule has 2 nitrogen and oxygen atoms in total. The van der Waals surface area contributed by atoms with Crippen molar-refractivity contribution in [1.82, 2.24) is 5.32 Å². The Kier molecular flexibility index (Phi) is 4.73. The van der Waals surface area contributed by atoms with E-state index in [9.17, 15) is 0 Å². The van der Waals surface area contributed by atoms with E-state index in [0.29, 0.717) is 19.1 Å². The molecule has 0 aliphatic heterocycles. The Labute approximate surface area is 91.6 Å². The van der Waals surface area contributed by atoms with Crippen LogP contribution in [0.2, 0.25) is 0 Å². The van der Waals surface area contributed by atoms with Gasteiger partial charge in [0.2, 0.25) is 0 Å². The molecule has 15 heavy (non-hydrogen) atoms. The third kappa shape index (κ3) is 3.65. The number of rotatable bonds is 5. The minimum absolute atomic E-state index is 0.334. The zero-order valence-electron chi connectivity index (χ0n) is 9.29. The van der Waals surface area contributed by atoms with Gasteiger partial charge in [0.25, 0.3) is 0 Å². The second-order valence-electron chi connectivity index (χ2n) is 3.39. The molecule has 0 bridgehead atoms. The topological polar surface area (TPSA) is 21.3 Å². The second kappa shape index (κ2) is 6.10. The second-order valence-corrected chi connectivity index (χ2v) is 3.39. The van der Waals surface area contributed by atoms with Gasteiger partial charge in [0.15, 0.2) is 0 Å². The Bertz CT molecular complexity index is 341. The van der Waals surface area contributed by atoms with Crippen LogP contribution in [-0.4, -0.2) is 13.7 Å². The first kappa shape index (κ1) is 11.6. The van der Waals surface area contributed by atoms with E-state index in [0.717, 1.165) is 5.75 Å². The van der Waals surface area contributed by atoms with E-state index < -0.39 is 0 Å². The van der Waals surface area contributed by atoms with Gasteiger partial charge in [0, 0.05) is 12.5 Å². The van der Waals surface area contributed by atoms with E-state index in [1.165, 1.54) is 5.56 Å². The molecule has 0 heterocycles. The summed E-state index contributed by atoms with van der Waals surface area (Å²) in [5, 5.41) is 3.19. The van der Waals surface area contributed by atoms with Gasteiger partial charge < -0.3 is 10.1 Å². The monoisotopic (exact) mass is 203 g/mol. The van der Waals surface area contributed by atoms with Gasteiger partial charge in [-0.2, -0.15) is 0 Å². The molecule has 0 spiro atoms. The number of terminal acetylenes is 1. The molecule has 1 rings (SSSR count). The van der Waals surface area contributed by atoms with Crippen molar-refractivity contribution in [3.8, 4) is 18.1 Å². The number of nitrogens with one attached hydrogen (secondary N) is 1. The lowest BCUT2D eigenvalue weighted by Gasteiger charge is -2.12. The normalized spacial score (nSPS) is 11.8. The van der Waals surface area contributed by atoms with Crippen LogP contribution in [0.15, 0.2) is 24.3 Å². The lowest BCUT2D eigenvalue weighted by atomic mass is 10.1. The van der Waals surface area contributed by atoms with Crippen molar-refractivity contribution in [3.05, 3.63) is 29.8 Å². The van der Waals surface area contributed by atoms with E-state index >= 15 is 0 Å². The molecule has 1 aromatic carbocycles. The summed E-state index contributed by atoms with van der Waals surface area (Å²) in [6, 6.07) is 8.39. The minimum Gasteiger partial charge on any atom is -0.493 e. The lowest BCUT2D eigenvalue weighted by Crippen LogP contribution is -2.12. The zero-order valence-corrected chi connectivity index (χ0v) is 9.29. The van der Waals surface area contributed by atoms with Crippen LogP contribution in [0, 0.1) is 12.3 Å². The van der Waals surface area contributed by atoms with Gasteiger partial charge in [0.1, 0.15) is 5.75 Å². The standard InChI is InChI=1S/C13H17NO/c1-4-5-9-15-13-8-6-7-12(10-13)11(2)14-3/h1,6-8,10-11,14H,5,9H2,2-3H3. The van der Waals surface area contributed by atoms with Crippen LogP contribution in [0.1, 0.15) is 24.9 Å². The highest BCUT2D eigenvalue weighted by Gasteiger charge is 2.02. The summed E-state index contributed by atoms with van der Waals surface area (Å²) >= 11 is 0. The van der Waals surface area contributed by atoms with Crippen LogP contribution in [0.25, 0.3) is 0 Å². The maximum absolute atomic E-state index is 5.51. The van der Waals surface area contributed by atoms with Crippen LogP contribution >= 0.6 is 0 Å². The molecule has 1 aromatic rings. The fourth-order valence-corrected chi connectivity index (χ4v) is 1.27. The summed E-state index contributed by atoms with van der Waals surface area (Å²) in [7, 11) is 1.94. The molecule has 0 amide bonds. The van der Waals surface area contributed by atoms with Crippen LogP contribution in [0.5, 0.6) is 5.75 Å². The largest absolute Gasteiger partial charge is 0.493 e. The average Bonchev–Trinajstić information content (AvgIpc) is 2.29. The molecule has 0 aliphatic carbocycles. The van der Waals surface area contributed by atoms with Crippen LogP contribution in [0.4, 0.5) is 0 Å². The summed E-state index contributed by atoms with van der Waals surface area (Å²) < 4.78 is 5.51. The quantitative estimate of drug-likeness (QED) is 0.586. The smallest absolute Gasteiger partial charge is 0.119 e. The fraction of sp³-hybridized carbons (Fsp3) is 0.385. The first-order chi connectivity index (χ1) is 7.27. The van der Waals surface area contributed by atoms with Crippen molar-refractivity contribution in [2.75, 3.05) is 13.7 Å². The molecule has 1 unspecified atom stereocenters. The highest BCUT2D eigenvalue weighted by molar-refractivity contribution is 5.30. The Morgan fingerprint density at radius 3 is 3.00 bits per heavy atom. The van der Waals surface area contributed by atoms with E-state index in [-0.39, 0.29) is 0 Å². The van der Waals surface area contributed by atoms with E-state index in [1.54, 1.807) is 0 Å². The van der Waals surface area contributed by atoms with Crippen molar-refractivity contribution >= 4 is 0 Å². The molecule has 0 saturated carbocycles. The maximum atomic E-state index is 5.51. The number of ether oxygens (including phenoxy) is 1.